The minimum Gasteiger partial charge on any atom is -0.503 e. The molecule has 14 heavy (non-hydrogen) atoms. The summed E-state index contributed by atoms with van der Waals surface area (Å²) in [5, 5.41) is 18.6. The predicted octanol–water partition coefficient (Wildman–Crippen LogP) is 1.22. The number of methoxy groups -OCH3 is 1. The van der Waals surface area contributed by atoms with Crippen molar-refractivity contribution in [3.05, 3.63) is 11.8 Å². The number of hydrogen-bond acceptors (Lipinski definition) is 5. The van der Waals surface area contributed by atoms with Crippen molar-refractivity contribution in [2.75, 3.05) is 13.4 Å². The second kappa shape index (κ2) is 4.19. The number of aromatic nitrogens is 1. The molecule has 6 heteroatoms. The summed E-state index contributed by atoms with van der Waals surface area (Å²) in [6.45, 7) is 0. The lowest BCUT2D eigenvalue weighted by atomic mass is 10.3. The van der Waals surface area contributed by atoms with Gasteiger partial charge in [-0.3, -0.25) is 0 Å². The zero-order valence-electron chi connectivity index (χ0n) is 7.64. The number of aromatic carboxylic acids is 1. The molecule has 0 aliphatic rings. The normalized spacial score (nSPS) is 9.86. The van der Waals surface area contributed by atoms with Gasteiger partial charge < -0.3 is 14.9 Å². The number of aromatic hydroxyl groups is 1. The monoisotopic (exact) mass is 215 g/mol. The molecular weight excluding hydrogens is 206 g/mol. The number of ether oxygens (including phenoxy) is 1. The molecule has 1 aromatic rings. The summed E-state index contributed by atoms with van der Waals surface area (Å²) < 4.78 is 4.81. The first-order chi connectivity index (χ1) is 6.60. The van der Waals surface area contributed by atoms with Crippen molar-refractivity contribution in [3.8, 4) is 11.5 Å². The van der Waals surface area contributed by atoms with Crippen molar-refractivity contribution in [1.29, 1.82) is 0 Å². The second-order valence-electron chi connectivity index (χ2n) is 2.37. The SMILES string of the molecule is COc1cc(SC)nc(C(=O)O)c1O. The number of carboxylic acids is 1. The molecular formula is C8H9NO4S. The number of hydrogen-bond donors (Lipinski definition) is 2. The number of carboxylic acid groups (broad SMARTS) is 1. The van der Waals surface area contributed by atoms with Crippen LogP contribution in [-0.4, -0.2) is 34.5 Å². The van der Waals surface area contributed by atoms with Crippen LogP contribution < -0.4 is 4.74 Å². The Morgan fingerprint density at radius 1 is 1.64 bits per heavy atom. The van der Waals surface area contributed by atoms with E-state index >= 15 is 0 Å². The van der Waals surface area contributed by atoms with E-state index in [1.807, 2.05) is 0 Å². The van der Waals surface area contributed by atoms with Crippen LogP contribution in [0.1, 0.15) is 10.5 Å². The van der Waals surface area contributed by atoms with Crippen LogP contribution in [0.25, 0.3) is 0 Å². The van der Waals surface area contributed by atoms with E-state index in [0.29, 0.717) is 5.03 Å². The first-order valence-electron chi connectivity index (χ1n) is 3.65. The van der Waals surface area contributed by atoms with E-state index in [1.54, 1.807) is 6.26 Å². The first kappa shape index (κ1) is 10.6. The third kappa shape index (κ3) is 1.90. The Morgan fingerprint density at radius 3 is 2.71 bits per heavy atom. The summed E-state index contributed by atoms with van der Waals surface area (Å²) in [6, 6.07) is 1.48. The van der Waals surface area contributed by atoms with E-state index in [1.165, 1.54) is 24.9 Å². The maximum Gasteiger partial charge on any atom is 0.358 e. The van der Waals surface area contributed by atoms with E-state index in [9.17, 15) is 9.90 Å². The van der Waals surface area contributed by atoms with Crippen LogP contribution in [0.5, 0.6) is 11.5 Å². The van der Waals surface area contributed by atoms with Crippen molar-refractivity contribution in [1.82, 2.24) is 4.98 Å². The first-order valence-corrected chi connectivity index (χ1v) is 4.88. The van der Waals surface area contributed by atoms with Crippen LogP contribution in [0.3, 0.4) is 0 Å². The maximum atomic E-state index is 10.7. The molecule has 0 atom stereocenters. The van der Waals surface area contributed by atoms with Crippen molar-refractivity contribution in [2.45, 2.75) is 5.03 Å². The Hall–Kier alpha value is -1.43. The average molecular weight is 215 g/mol. The fraction of sp³-hybridized carbons (Fsp3) is 0.250. The average Bonchev–Trinajstić information content (AvgIpc) is 2.17. The van der Waals surface area contributed by atoms with Gasteiger partial charge in [0.2, 0.25) is 0 Å². The molecule has 0 amide bonds. The van der Waals surface area contributed by atoms with Gasteiger partial charge in [0, 0.05) is 6.07 Å². The number of nitrogens with zero attached hydrogens (tertiary/aromatic N) is 1. The van der Waals surface area contributed by atoms with E-state index in [-0.39, 0.29) is 5.75 Å². The quantitative estimate of drug-likeness (QED) is 0.738. The second-order valence-corrected chi connectivity index (χ2v) is 3.20. The topological polar surface area (TPSA) is 79.7 Å². The highest BCUT2D eigenvalue weighted by molar-refractivity contribution is 7.98. The van der Waals surface area contributed by atoms with Gasteiger partial charge in [-0.1, -0.05) is 0 Å². The van der Waals surface area contributed by atoms with E-state index < -0.39 is 17.4 Å². The summed E-state index contributed by atoms with van der Waals surface area (Å²) in [5.41, 5.74) is -0.395. The van der Waals surface area contributed by atoms with Crippen LogP contribution in [0.4, 0.5) is 0 Å². The zero-order valence-corrected chi connectivity index (χ0v) is 8.46. The fourth-order valence-corrected chi connectivity index (χ4v) is 1.31. The molecule has 0 aliphatic heterocycles. The number of thioether (sulfide) groups is 1. The van der Waals surface area contributed by atoms with Gasteiger partial charge in [-0.25, -0.2) is 9.78 Å². The van der Waals surface area contributed by atoms with Crippen LogP contribution in [0.2, 0.25) is 0 Å². The number of carbonyl (C=O) groups is 1. The molecule has 1 aromatic heterocycles. The van der Waals surface area contributed by atoms with Crippen LogP contribution in [0.15, 0.2) is 11.1 Å². The molecule has 5 nitrogen and oxygen atoms in total. The number of rotatable bonds is 3. The van der Waals surface area contributed by atoms with Crippen molar-refractivity contribution in [3.63, 3.8) is 0 Å². The van der Waals surface area contributed by atoms with Gasteiger partial charge in [-0.2, -0.15) is 0 Å². The van der Waals surface area contributed by atoms with Crippen molar-refractivity contribution in [2.24, 2.45) is 0 Å². The molecule has 0 aromatic carbocycles. The Bertz CT molecular complexity index is 367. The van der Waals surface area contributed by atoms with E-state index in [0.717, 1.165) is 0 Å². The zero-order chi connectivity index (χ0) is 10.7. The molecule has 0 saturated carbocycles. The molecule has 1 heterocycles. The van der Waals surface area contributed by atoms with Crippen molar-refractivity contribution >= 4 is 17.7 Å². The lowest BCUT2D eigenvalue weighted by Crippen LogP contribution is -2.02. The molecule has 0 unspecified atom stereocenters. The Morgan fingerprint density at radius 2 is 2.29 bits per heavy atom. The van der Waals surface area contributed by atoms with Gasteiger partial charge in [0.05, 0.1) is 7.11 Å². The van der Waals surface area contributed by atoms with Gasteiger partial charge in [-0.05, 0) is 6.26 Å². The van der Waals surface area contributed by atoms with E-state index in [4.69, 9.17) is 9.84 Å². The van der Waals surface area contributed by atoms with Gasteiger partial charge >= 0.3 is 5.97 Å². The molecule has 0 saturated heterocycles. The molecule has 2 N–H and O–H groups in total. The largest absolute Gasteiger partial charge is 0.503 e. The summed E-state index contributed by atoms with van der Waals surface area (Å²) in [6.07, 6.45) is 1.75. The van der Waals surface area contributed by atoms with Gasteiger partial charge in [0.1, 0.15) is 5.03 Å². The lowest BCUT2D eigenvalue weighted by Gasteiger charge is -2.06. The highest BCUT2D eigenvalue weighted by Gasteiger charge is 2.17. The molecule has 0 bridgehead atoms. The molecule has 0 fully saturated rings. The Kier molecular flexibility index (Phi) is 3.19. The van der Waals surface area contributed by atoms with Gasteiger partial charge in [0.25, 0.3) is 0 Å². The highest BCUT2D eigenvalue weighted by Crippen LogP contribution is 2.31. The molecule has 1 rings (SSSR count). The fourth-order valence-electron chi connectivity index (χ4n) is 0.902. The Labute approximate surface area is 84.7 Å². The van der Waals surface area contributed by atoms with Crippen LogP contribution in [-0.2, 0) is 0 Å². The smallest absolute Gasteiger partial charge is 0.358 e. The standard InChI is InChI=1S/C8H9NO4S/c1-13-4-3-5(14-2)9-6(7(4)10)8(11)12/h3,10H,1-2H3,(H,11,12). The Balaban J connectivity index is 3.34. The third-order valence-corrected chi connectivity index (χ3v) is 2.19. The molecule has 0 aliphatic carbocycles. The minimum atomic E-state index is -1.28. The summed E-state index contributed by atoms with van der Waals surface area (Å²) in [7, 11) is 1.35. The van der Waals surface area contributed by atoms with Gasteiger partial charge in [-0.15, -0.1) is 11.8 Å². The van der Waals surface area contributed by atoms with Gasteiger partial charge in [0.15, 0.2) is 17.2 Å². The summed E-state index contributed by atoms with van der Waals surface area (Å²) in [4.78, 5) is 14.4. The van der Waals surface area contributed by atoms with E-state index in [2.05, 4.69) is 4.98 Å². The third-order valence-electron chi connectivity index (χ3n) is 1.57. The minimum absolute atomic E-state index is 0.113. The number of pyridine rings is 1. The maximum absolute atomic E-state index is 10.7. The lowest BCUT2D eigenvalue weighted by molar-refractivity contribution is 0.0685. The molecule has 0 spiro atoms. The van der Waals surface area contributed by atoms with Crippen LogP contribution in [0, 0.1) is 0 Å². The molecule has 76 valence electrons. The summed E-state index contributed by atoms with van der Waals surface area (Å²) >= 11 is 1.27. The predicted molar refractivity (Wildman–Crippen MR) is 51.2 cm³/mol. The van der Waals surface area contributed by atoms with Crippen LogP contribution >= 0.6 is 11.8 Å². The highest BCUT2D eigenvalue weighted by atomic mass is 32.2. The summed E-state index contributed by atoms with van der Waals surface area (Å²) in [5.74, 6) is -1.61. The van der Waals surface area contributed by atoms with Crippen molar-refractivity contribution < 1.29 is 19.7 Å². The molecule has 0 radical (unpaired) electrons.